The van der Waals surface area contributed by atoms with Crippen molar-refractivity contribution in [2.75, 3.05) is 4.90 Å². The summed E-state index contributed by atoms with van der Waals surface area (Å²) >= 11 is 0. The van der Waals surface area contributed by atoms with Gasteiger partial charge in [0, 0.05) is 39.7 Å². The molecule has 0 fully saturated rings. The Kier molecular flexibility index (Phi) is 9.04. The standard InChI is InChI=1S/C61H46N2/c1-5-17-43(18-6-1)44-29-34-50(35-30-44)62(51-36-31-45(32-37-51)46-33-40-60-56(41-46)55-26-14-16-28-59(55)63(60)49-23-11-4-12-24-49)52-38-39-54-53-25-13-15-27-57(53)61(58(54)42-52,47-19-7-2-8-20-47)48-21-9-3-10-22-48/h1-5,7-17,19-40,42,46H,6,18,41H2. The van der Waals surface area contributed by atoms with E-state index in [2.05, 4.69) is 246 Å². The van der Waals surface area contributed by atoms with Crippen molar-refractivity contribution in [3.05, 3.63) is 275 Å². The molecule has 1 heterocycles. The minimum atomic E-state index is -0.485. The maximum Gasteiger partial charge on any atom is 0.0714 e. The number of para-hydroxylation sites is 2. The van der Waals surface area contributed by atoms with Crippen molar-refractivity contribution in [1.82, 2.24) is 4.57 Å². The molecule has 2 nitrogen and oxygen atoms in total. The maximum atomic E-state index is 2.47. The van der Waals surface area contributed by atoms with Gasteiger partial charge in [-0.3, -0.25) is 0 Å². The lowest BCUT2D eigenvalue weighted by Crippen LogP contribution is -2.28. The number of benzene rings is 8. The van der Waals surface area contributed by atoms with Crippen LogP contribution in [0.15, 0.2) is 231 Å². The zero-order chi connectivity index (χ0) is 41.7. The fourth-order valence-corrected chi connectivity index (χ4v) is 10.9. The van der Waals surface area contributed by atoms with Gasteiger partial charge in [0.05, 0.1) is 10.9 Å². The predicted octanol–water partition coefficient (Wildman–Crippen LogP) is 15.5. The number of hydrogen-bond acceptors (Lipinski definition) is 1. The van der Waals surface area contributed by atoms with Gasteiger partial charge in [0.15, 0.2) is 0 Å². The summed E-state index contributed by atoms with van der Waals surface area (Å²) in [6.07, 6.45) is 14.6. The van der Waals surface area contributed by atoms with E-state index in [1.54, 1.807) is 0 Å². The van der Waals surface area contributed by atoms with E-state index < -0.39 is 5.41 Å². The molecule has 1 aromatic heterocycles. The molecule has 0 saturated carbocycles. The molecule has 1 atom stereocenters. The summed E-state index contributed by atoms with van der Waals surface area (Å²) < 4.78 is 2.42. The highest BCUT2D eigenvalue weighted by molar-refractivity contribution is 5.92. The van der Waals surface area contributed by atoms with E-state index in [-0.39, 0.29) is 5.92 Å². The highest BCUT2D eigenvalue weighted by Gasteiger charge is 2.46. The molecule has 2 heteroatoms. The molecule has 1 unspecified atom stereocenters. The number of nitrogens with zero attached hydrogens (tertiary/aromatic N) is 2. The first-order valence-electron chi connectivity index (χ1n) is 22.3. The summed E-state index contributed by atoms with van der Waals surface area (Å²) in [6, 6.07) is 76.6. The predicted molar refractivity (Wildman–Crippen MR) is 264 cm³/mol. The van der Waals surface area contributed by atoms with Crippen LogP contribution in [0.1, 0.15) is 63.4 Å². The average Bonchev–Trinajstić information content (AvgIpc) is 3.86. The van der Waals surface area contributed by atoms with Crippen LogP contribution >= 0.6 is 0 Å². The number of hydrogen-bond donors (Lipinski definition) is 0. The normalized spacial score (nSPS) is 15.7. The Bertz CT molecular complexity index is 3180. The second-order valence-electron chi connectivity index (χ2n) is 17.1. The molecular weight excluding hydrogens is 761 g/mol. The van der Waals surface area contributed by atoms with Gasteiger partial charge in [-0.05, 0) is 136 Å². The molecule has 0 aliphatic heterocycles. The molecular formula is C61H46N2. The smallest absolute Gasteiger partial charge is 0.0714 e. The van der Waals surface area contributed by atoms with Gasteiger partial charge in [0.2, 0.25) is 0 Å². The van der Waals surface area contributed by atoms with Crippen LogP contribution in [-0.2, 0) is 11.8 Å². The van der Waals surface area contributed by atoms with Gasteiger partial charge in [-0.2, -0.15) is 0 Å². The van der Waals surface area contributed by atoms with Crippen LogP contribution in [0, 0.1) is 0 Å². The molecule has 8 aromatic carbocycles. The van der Waals surface area contributed by atoms with Gasteiger partial charge in [-0.15, -0.1) is 0 Å². The molecule has 3 aliphatic carbocycles. The van der Waals surface area contributed by atoms with Gasteiger partial charge < -0.3 is 9.47 Å². The fourth-order valence-electron chi connectivity index (χ4n) is 10.9. The molecule has 0 radical (unpaired) electrons. The number of aromatic nitrogens is 1. The minimum Gasteiger partial charge on any atom is -0.310 e. The third-order valence-electron chi connectivity index (χ3n) is 13.7. The summed E-state index contributed by atoms with van der Waals surface area (Å²) in [6.45, 7) is 0. The Morgan fingerprint density at radius 2 is 1.16 bits per heavy atom. The first kappa shape index (κ1) is 37.1. The quantitative estimate of drug-likeness (QED) is 0.148. The summed E-state index contributed by atoms with van der Waals surface area (Å²) in [4.78, 5) is 2.45. The molecule has 0 amide bonds. The van der Waals surface area contributed by atoms with Crippen LogP contribution in [0.4, 0.5) is 17.1 Å². The molecule has 0 spiro atoms. The largest absolute Gasteiger partial charge is 0.310 e. The number of fused-ring (bicyclic) bond motifs is 6. The van der Waals surface area contributed by atoms with Crippen LogP contribution in [0.2, 0.25) is 0 Å². The van der Waals surface area contributed by atoms with Gasteiger partial charge in [0.25, 0.3) is 0 Å². The SMILES string of the molecule is C1=CCCC(c2ccc(N(c3ccc(C4C=Cc5c(c6ccccc6n5-c5ccccc5)C4)cc3)c3ccc4c(c3)C(c3ccccc3)(c3ccccc3)c3ccccc3-4)cc2)=C1. The number of anilines is 3. The van der Waals surface area contributed by atoms with Crippen LogP contribution in [0.25, 0.3) is 39.4 Å². The third kappa shape index (κ3) is 6.09. The Balaban J connectivity index is 0.979. The van der Waals surface area contributed by atoms with Gasteiger partial charge in [0.1, 0.15) is 0 Å². The lowest BCUT2D eigenvalue weighted by Gasteiger charge is -2.35. The lowest BCUT2D eigenvalue weighted by molar-refractivity contribution is 0.768. The van der Waals surface area contributed by atoms with E-state index in [1.807, 2.05) is 0 Å². The van der Waals surface area contributed by atoms with Crippen molar-refractivity contribution in [3.63, 3.8) is 0 Å². The number of rotatable bonds is 8. The van der Waals surface area contributed by atoms with Crippen molar-refractivity contribution in [2.45, 2.75) is 30.6 Å². The summed E-state index contributed by atoms with van der Waals surface area (Å²) in [5.74, 6) is 0.267. The molecule has 0 N–H and O–H groups in total. The summed E-state index contributed by atoms with van der Waals surface area (Å²) in [5, 5.41) is 1.33. The highest BCUT2D eigenvalue weighted by Crippen LogP contribution is 2.57. The van der Waals surface area contributed by atoms with Crippen molar-refractivity contribution in [3.8, 4) is 16.8 Å². The van der Waals surface area contributed by atoms with Crippen LogP contribution in [0.5, 0.6) is 0 Å². The molecule has 3 aliphatic rings. The van der Waals surface area contributed by atoms with Crippen LogP contribution < -0.4 is 4.90 Å². The fraction of sp³-hybridized carbons (Fsp3) is 0.0820. The second kappa shape index (κ2) is 15.3. The molecule has 63 heavy (non-hydrogen) atoms. The second-order valence-corrected chi connectivity index (χ2v) is 17.1. The van der Waals surface area contributed by atoms with Crippen LogP contribution in [-0.4, -0.2) is 4.57 Å². The Hall–Kier alpha value is -7.68. The monoisotopic (exact) mass is 806 g/mol. The molecule has 9 aromatic rings. The van der Waals surface area contributed by atoms with Crippen molar-refractivity contribution >= 4 is 39.6 Å². The van der Waals surface area contributed by atoms with E-state index in [1.165, 1.54) is 77.9 Å². The van der Waals surface area contributed by atoms with E-state index in [9.17, 15) is 0 Å². The highest BCUT2D eigenvalue weighted by atomic mass is 15.1. The first-order chi connectivity index (χ1) is 31.3. The zero-order valence-electron chi connectivity index (χ0n) is 35.1. The van der Waals surface area contributed by atoms with E-state index in [0.29, 0.717) is 0 Å². The average molecular weight is 807 g/mol. The molecule has 300 valence electrons. The topological polar surface area (TPSA) is 8.17 Å². The van der Waals surface area contributed by atoms with Crippen LogP contribution in [0.3, 0.4) is 0 Å². The molecule has 0 bridgehead atoms. The van der Waals surface area contributed by atoms with E-state index >= 15 is 0 Å². The van der Waals surface area contributed by atoms with E-state index in [0.717, 1.165) is 36.3 Å². The Morgan fingerprint density at radius 1 is 0.540 bits per heavy atom. The number of allylic oxidation sites excluding steroid dienone is 5. The van der Waals surface area contributed by atoms with Crippen molar-refractivity contribution in [2.24, 2.45) is 0 Å². The van der Waals surface area contributed by atoms with E-state index in [4.69, 9.17) is 0 Å². The van der Waals surface area contributed by atoms with Gasteiger partial charge >= 0.3 is 0 Å². The van der Waals surface area contributed by atoms with Crippen molar-refractivity contribution in [1.29, 1.82) is 0 Å². The summed E-state index contributed by atoms with van der Waals surface area (Å²) in [5.41, 5.74) is 19.8. The Morgan fingerprint density at radius 3 is 1.87 bits per heavy atom. The van der Waals surface area contributed by atoms with Crippen molar-refractivity contribution < 1.29 is 0 Å². The summed E-state index contributed by atoms with van der Waals surface area (Å²) in [7, 11) is 0. The molecule has 0 saturated heterocycles. The maximum absolute atomic E-state index is 2.47. The Labute approximate surface area is 370 Å². The van der Waals surface area contributed by atoms with Gasteiger partial charge in [-0.25, -0.2) is 0 Å². The first-order valence-corrected chi connectivity index (χ1v) is 22.3. The minimum absolute atomic E-state index is 0.267. The third-order valence-corrected chi connectivity index (χ3v) is 13.7. The van der Waals surface area contributed by atoms with Gasteiger partial charge in [-0.1, -0.05) is 176 Å². The molecule has 12 rings (SSSR count). The zero-order valence-corrected chi connectivity index (χ0v) is 35.1. The lowest BCUT2D eigenvalue weighted by atomic mass is 9.67.